The van der Waals surface area contributed by atoms with E-state index in [2.05, 4.69) is 20.5 Å². The summed E-state index contributed by atoms with van der Waals surface area (Å²) in [5.74, 6) is -0.501. The zero-order chi connectivity index (χ0) is 28.7. The Morgan fingerprint density at radius 1 is 0.634 bits per heavy atom. The van der Waals surface area contributed by atoms with Gasteiger partial charge >= 0.3 is 29.6 Å². The fourth-order valence-electron chi connectivity index (χ4n) is 4.04. The van der Waals surface area contributed by atoms with E-state index in [1.807, 2.05) is 30.3 Å². The van der Waals surface area contributed by atoms with Crippen molar-refractivity contribution in [3.8, 4) is 5.75 Å². The van der Waals surface area contributed by atoms with E-state index in [1.54, 1.807) is 12.1 Å². The second-order valence-electron chi connectivity index (χ2n) is 8.51. The van der Waals surface area contributed by atoms with Crippen LogP contribution in [-0.2, 0) is 20.2 Å². The fraction of sp³-hybridized carbons (Fsp3) is 0. The standard InChI is InChI=1S/C26H19N5O7S2.Na/c27-25-22(31-28-16-8-10-17(11-9-16)39(33,34)35)14-23(40(36,37)38)19-12-13-21(26(32)24(19)25)30-29-20-7-3-5-15-4-1-2-6-18(15)20;/h1-14,32H,27H2,(H,33,34,35)(H,36,37,38);/q;+1. The molecule has 0 aliphatic heterocycles. The molecule has 15 heteroatoms. The molecule has 0 spiro atoms. The van der Waals surface area contributed by atoms with Crippen molar-refractivity contribution in [2.75, 3.05) is 5.73 Å². The third kappa shape index (κ3) is 6.28. The van der Waals surface area contributed by atoms with E-state index in [0.29, 0.717) is 5.69 Å². The van der Waals surface area contributed by atoms with Gasteiger partial charge < -0.3 is 10.8 Å². The summed E-state index contributed by atoms with van der Waals surface area (Å²) in [5.41, 5.74) is 6.53. The first-order valence-corrected chi connectivity index (χ1v) is 14.3. The van der Waals surface area contributed by atoms with Crippen LogP contribution in [0.3, 0.4) is 0 Å². The van der Waals surface area contributed by atoms with Crippen LogP contribution in [0.5, 0.6) is 5.75 Å². The SMILES string of the molecule is Nc1c(N=Nc2ccc(S(=O)(=O)O)cc2)cc(S(=O)(=O)O)c2ccc(N=Nc3cccc4ccccc34)c(O)c12.[Na+]. The molecule has 0 aromatic heterocycles. The molecule has 0 radical (unpaired) electrons. The first-order valence-electron chi connectivity index (χ1n) is 11.4. The van der Waals surface area contributed by atoms with Crippen LogP contribution in [0.2, 0.25) is 0 Å². The van der Waals surface area contributed by atoms with E-state index in [-0.39, 0.29) is 68.0 Å². The zero-order valence-corrected chi connectivity index (χ0v) is 24.9. The van der Waals surface area contributed by atoms with Gasteiger partial charge in [-0.05, 0) is 47.9 Å². The maximum absolute atomic E-state index is 12.2. The van der Waals surface area contributed by atoms with E-state index in [9.17, 15) is 26.5 Å². The summed E-state index contributed by atoms with van der Waals surface area (Å²) in [5, 5.41) is 28.8. The predicted octanol–water partition coefficient (Wildman–Crippen LogP) is 3.61. The molecule has 5 aromatic rings. The van der Waals surface area contributed by atoms with Crippen molar-refractivity contribution in [3.63, 3.8) is 0 Å². The summed E-state index contributed by atoms with van der Waals surface area (Å²) in [6.07, 6.45) is 0. The minimum absolute atomic E-state index is 0. The molecule has 0 atom stereocenters. The maximum atomic E-state index is 12.2. The summed E-state index contributed by atoms with van der Waals surface area (Å²) in [4.78, 5) is -0.944. The molecule has 0 fully saturated rings. The van der Waals surface area contributed by atoms with E-state index in [4.69, 9.17) is 10.3 Å². The molecule has 5 rings (SSSR count). The number of nitrogen functional groups attached to an aromatic ring is 1. The first-order chi connectivity index (χ1) is 18.9. The Morgan fingerprint density at radius 2 is 1.27 bits per heavy atom. The van der Waals surface area contributed by atoms with Gasteiger partial charge in [0.1, 0.15) is 16.3 Å². The minimum Gasteiger partial charge on any atom is -0.505 e. The largest absolute Gasteiger partial charge is 1.00 e. The number of aromatic hydroxyl groups is 1. The number of benzene rings is 5. The average Bonchev–Trinajstić information content (AvgIpc) is 2.91. The summed E-state index contributed by atoms with van der Waals surface area (Å²) >= 11 is 0. The second-order valence-corrected chi connectivity index (χ2v) is 11.3. The van der Waals surface area contributed by atoms with Crippen molar-refractivity contribution in [1.29, 1.82) is 0 Å². The first kappa shape index (κ1) is 30.2. The molecule has 202 valence electrons. The molecule has 0 saturated heterocycles. The molecular formula is C26H19N5NaO7S2+. The predicted molar refractivity (Wildman–Crippen MR) is 148 cm³/mol. The van der Waals surface area contributed by atoms with Crippen molar-refractivity contribution >= 4 is 70.2 Å². The third-order valence-electron chi connectivity index (χ3n) is 5.95. The Kier molecular flexibility index (Phi) is 8.56. The Hall–Kier alpha value is -3.76. The number of phenols is 1. The van der Waals surface area contributed by atoms with Crippen LogP contribution in [0, 0.1) is 0 Å². The Bertz CT molecular complexity index is 2080. The number of azo groups is 2. The van der Waals surface area contributed by atoms with Crippen LogP contribution in [0.4, 0.5) is 28.4 Å². The molecule has 5 N–H and O–H groups in total. The van der Waals surface area contributed by atoms with Crippen molar-refractivity contribution in [2.45, 2.75) is 9.79 Å². The number of fused-ring (bicyclic) bond motifs is 2. The third-order valence-corrected chi connectivity index (χ3v) is 7.71. The van der Waals surface area contributed by atoms with Crippen LogP contribution < -0.4 is 35.3 Å². The quantitative estimate of drug-likeness (QED) is 0.0978. The molecule has 0 amide bonds. The topological polar surface area (TPSA) is 204 Å². The Morgan fingerprint density at radius 3 is 1.95 bits per heavy atom. The number of anilines is 1. The van der Waals surface area contributed by atoms with Gasteiger partial charge in [0.25, 0.3) is 20.2 Å². The van der Waals surface area contributed by atoms with Crippen molar-refractivity contribution in [3.05, 3.63) is 84.9 Å². The van der Waals surface area contributed by atoms with Crippen molar-refractivity contribution < 1.29 is 60.6 Å². The number of nitrogens with two attached hydrogens (primary N) is 1. The Balaban J connectivity index is 0.00000387. The number of rotatable bonds is 6. The molecule has 0 saturated carbocycles. The molecule has 41 heavy (non-hydrogen) atoms. The van der Waals surface area contributed by atoms with Gasteiger partial charge in [-0.25, -0.2) is 0 Å². The average molecular weight is 601 g/mol. The number of hydrogen-bond acceptors (Lipinski definition) is 10. The van der Waals surface area contributed by atoms with Crippen LogP contribution in [0.25, 0.3) is 21.5 Å². The van der Waals surface area contributed by atoms with Gasteiger partial charge in [0.2, 0.25) is 0 Å². The van der Waals surface area contributed by atoms with Gasteiger partial charge in [0.05, 0.1) is 27.3 Å². The summed E-state index contributed by atoms with van der Waals surface area (Å²) in [6, 6.07) is 21.3. The van der Waals surface area contributed by atoms with Crippen molar-refractivity contribution in [1.82, 2.24) is 0 Å². The summed E-state index contributed by atoms with van der Waals surface area (Å²) in [7, 11) is -9.21. The van der Waals surface area contributed by atoms with Crippen molar-refractivity contribution in [2.24, 2.45) is 20.5 Å². The minimum atomic E-state index is -4.80. The molecule has 5 aromatic carbocycles. The van der Waals surface area contributed by atoms with Crippen LogP contribution >= 0.6 is 0 Å². The maximum Gasteiger partial charge on any atom is 1.00 e. The van der Waals surface area contributed by atoms with E-state index >= 15 is 0 Å². The number of phenolic OH excluding ortho intramolecular Hbond substituents is 1. The number of hydrogen-bond donors (Lipinski definition) is 4. The smallest absolute Gasteiger partial charge is 0.505 e. The summed E-state index contributed by atoms with van der Waals surface area (Å²) < 4.78 is 65.8. The number of nitrogens with zero attached hydrogens (tertiary/aromatic N) is 4. The molecule has 0 unspecified atom stereocenters. The Labute approximate surface area is 256 Å². The van der Waals surface area contributed by atoms with E-state index in [1.165, 1.54) is 24.3 Å². The summed E-state index contributed by atoms with van der Waals surface area (Å²) in [6.45, 7) is 0. The van der Waals surface area contributed by atoms with Crippen LogP contribution in [-0.4, -0.2) is 31.0 Å². The van der Waals surface area contributed by atoms with Gasteiger partial charge in [-0.1, -0.05) is 42.5 Å². The van der Waals surface area contributed by atoms with E-state index in [0.717, 1.165) is 29.0 Å². The second kappa shape index (κ2) is 11.6. The van der Waals surface area contributed by atoms with Gasteiger partial charge in [0, 0.05) is 10.8 Å². The monoisotopic (exact) mass is 600 g/mol. The zero-order valence-electron chi connectivity index (χ0n) is 21.2. The molecule has 0 heterocycles. The fourth-order valence-corrected chi connectivity index (χ4v) is 5.23. The molecule has 0 aliphatic rings. The van der Waals surface area contributed by atoms with Gasteiger partial charge in [-0.15, -0.1) is 15.3 Å². The normalized spacial score (nSPS) is 12.3. The van der Waals surface area contributed by atoms with Gasteiger partial charge in [-0.3, -0.25) is 9.11 Å². The van der Waals surface area contributed by atoms with Crippen LogP contribution in [0.1, 0.15) is 0 Å². The molecule has 12 nitrogen and oxygen atoms in total. The molecule has 0 aliphatic carbocycles. The van der Waals surface area contributed by atoms with Gasteiger partial charge in [-0.2, -0.15) is 21.9 Å². The van der Waals surface area contributed by atoms with E-state index < -0.39 is 30.9 Å². The molecular weight excluding hydrogens is 581 g/mol. The van der Waals surface area contributed by atoms with Crippen LogP contribution in [0.15, 0.2) is 115 Å². The molecule has 0 bridgehead atoms. The van der Waals surface area contributed by atoms with Gasteiger partial charge in [0.15, 0.2) is 5.75 Å².